The first-order valence-corrected chi connectivity index (χ1v) is 9.66. The maximum Gasteiger partial charge on any atom is 0.321 e. The number of nitrogens with one attached hydrogen (secondary N) is 2. The summed E-state index contributed by atoms with van der Waals surface area (Å²) in [6, 6.07) is 7.46. The molecule has 0 aromatic heterocycles. The van der Waals surface area contributed by atoms with Crippen LogP contribution in [0.5, 0.6) is 0 Å². The van der Waals surface area contributed by atoms with Gasteiger partial charge in [0.15, 0.2) is 0 Å². The summed E-state index contributed by atoms with van der Waals surface area (Å²) in [5, 5.41) is 6.00. The van der Waals surface area contributed by atoms with E-state index in [1.165, 1.54) is 0 Å². The average molecular weight is 361 g/mol. The zero-order valence-electron chi connectivity index (χ0n) is 16.1. The van der Waals surface area contributed by atoms with Crippen molar-refractivity contribution in [2.45, 2.75) is 46.1 Å². The number of carbonyl (C=O) groups is 2. The fourth-order valence-corrected chi connectivity index (χ4v) is 3.64. The van der Waals surface area contributed by atoms with Crippen LogP contribution in [0.1, 0.15) is 51.6 Å². The molecule has 1 aliphatic rings. The van der Waals surface area contributed by atoms with Gasteiger partial charge in [-0.05, 0) is 63.8 Å². The number of anilines is 1. The van der Waals surface area contributed by atoms with Gasteiger partial charge in [0.2, 0.25) is 5.91 Å². The minimum Gasteiger partial charge on any atom is -0.349 e. The Hall–Kier alpha value is -2.08. The molecule has 0 spiro atoms. The van der Waals surface area contributed by atoms with Crippen molar-refractivity contribution < 1.29 is 9.59 Å². The fourth-order valence-electron chi connectivity index (χ4n) is 3.64. The van der Waals surface area contributed by atoms with Crippen molar-refractivity contribution in [1.82, 2.24) is 10.2 Å². The summed E-state index contributed by atoms with van der Waals surface area (Å²) >= 11 is 0. The fraction of sp³-hybridized carbons (Fsp3) is 0.600. The zero-order valence-corrected chi connectivity index (χ0v) is 16.1. The van der Waals surface area contributed by atoms with Gasteiger partial charge in [-0.25, -0.2) is 4.79 Å². The van der Waals surface area contributed by atoms with Crippen molar-refractivity contribution in [2.24, 2.45) is 17.6 Å². The standard InChI is InChI=1S/C20H32N4O2/c1-4-24(5-2)20(26)23-17-11-9-15(10-12-17)14(3)22-19(25)18-8-6-7-16(18)13-21/h9-12,14,16,18H,4-8,13,21H2,1-3H3,(H,22,25)(H,23,26)/t14?,16-,18-/m1/s1. The summed E-state index contributed by atoms with van der Waals surface area (Å²) in [6.45, 7) is 7.82. The van der Waals surface area contributed by atoms with Crippen molar-refractivity contribution in [3.63, 3.8) is 0 Å². The molecule has 1 aliphatic carbocycles. The number of urea groups is 1. The minimum atomic E-state index is -0.0989. The van der Waals surface area contributed by atoms with Crippen molar-refractivity contribution in [3.05, 3.63) is 29.8 Å². The molecule has 1 fully saturated rings. The Morgan fingerprint density at radius 2 is 1.85 bits per heavy atom. The molecule has 0 saturated heterocycles. The van der Waals surface area contributed by atoms with Gasteiger partial charge in [0.25, 0.3) is 0 Å². The highest BCUT2D eigenvalue weighted by Crippen LogP contribution is 2.31. The maximum absolute atomic E-state index is 12.5. The molecule has 1 aromatic carbocycles. The van der Waals surface area contributed by atoms with Crippen LogP contribution in [0.15, 0.2) is 24.3 Å². The van der Waals surface area contributed by atoms with Crippen LogP contribution >= 0.6 is 0 Å². The number of benzene rings is 1. The molecule has 0 heterocycles. The van der Waals surface area contributed by atoms with Gasteiger partial charge < -0.3 is 21.3 Å². The number of carbonyl (C=O) groups excluding carboxylic acids is 2. The predicted molar refractivity (Wildman–Crippen MR) is 105 cm³/mol. The minimum absolute atomic E-state index is 0.0371. The quantitative estimate of drug-likeness (QED) is 0.698. The molecule has 1 saturated carbocycles. The van der Waals surface area contributed by atoms with Gasteiger partial charge in [0, 0.05) is 24.7 Å². The van der Waals surface area contributed by atoms with Gasteiger partial charge in [-0.2, -0.15) is 0 Å². The molecule has 3 amide bonds. The summed E-state index contributed by atoms with van der Waals surface area (Å²) in [5.74, 6) is 0.444. The van der Waals surface area contributed by atoms with Crippen LogP contribution in [-0.4, -0.2) is 36.5 Å². The van der Waals surface area contributed by atoms with Crippen molar-refractivity contribution in [1.29, 1.82) is 0 Å². The highest BCUT2D eigenvalue weighted by atomic mass is 16.2. The summed E-state index contributed by atoms with van der Waals surface area (Å²) < 4.78 is 0. The molecule has 1 unspecified atom stereocenters. The second kappa shape index (κ2) is 9.57. The largest absolute Gasteiger partial charge is 0.349 e. The molecule has 144 valence electrons. The Morgan fingerprint density at radius 3 is 2.42 bits per heavy atom. The molecule has 0 radical (unpaired) electrons. The van der Waals surface area contributed by atoms with E-state index in [1.807, 2.05) is 45.0 Å². The molecular formula is C20H32N4O2. The molecule has 0 bridgehead atoms. The van der Waals surface area contributed by atoms with Crippen LogP contribution in [0.2, 0.25) is 0 Å². The molecule has 1 aromatic rings. The van der Waals surface area contributed by atoms with Crippen LogP contribution in [-0.2, 0) is 4.79 Å². The number of amides is 3. The summed E-state index contributed by atoms with van der Waals surface area (Å²) in [6.07, 6.45) is 3.05. The van der Waals surface area contributed by atoms with Gasteiger partial charge in [-0.1, -0.05) is 18.6 Å². The van der Waals surface area contributed by atoms with Crippen LogP contribution in [0.4, 0.5) is 10.5 Å². The Morgan fingerprint density at radius 1 is 1.19 bits per heavy atom. The number of hydrogen-bond acceptors (Lipinski definition) is 3. The summed E-state index contributed by atoms with van der Waals surface area (Å²) in [7, 11) is 0. The molecule has 6 nitrogen and oxygen atoms in total. The Balaban J connectivity index is 1.92. The first-order valence-electron chi connectivity index (χ1n) is 9.66. The normalized spacial score (nSPS) is 20.5. The van der Waals surface area contributed by atoms with Gasteiger partial charge in [-0.3, -0.25) is 4.79 Å². The lowest BCUT2D eigenvalue weighted by molar-refractivity contribution is -0.126. The lowest BCUT2D eigenvalue weighted by Gasteiger charge is -2.22. The summed E-state index contributed by atoms with van der Waals surface area (Å²) in [5.41, 5.74) is 7.55. The van der Waals surface area contributed by atoms with Gasteiger partial charge >= 0.3 is 6.03 Å². The van der Waals surface area contributed by atoms with E-state index in [0.29, 0.717) is 25.6 Å². The highest BCUT2D eigenvalue weighted by Gasteiger charge is 2.32. The molecular weight excluding hydrogens is 328 g/mol. The average Bonchev–Trinajstić information content (AvgIpc) is 3.12. The van der Waals surface area contributed by atoms with Crippen molar-refractivity contribution in [2.75, 3.05) is 25.0 Å². The lowest BCUT2D eigenvalue weighted by atomic mass is 9.94. The first-order chi connectivity index (χ1) is 12.5. The molecule has 3 atom stereocenters. The molecule has 2 rings (SSSR count). The molecule has 4 N–H and O–H groups in total. The smallest absolute Gasteiger partial charge is 0.321 e. The van der Waals surface area contributed by atoms with Gasteiger partial charge in [-0.15, -0.1) is 0 Å². The lowest BCUT2D eigenvalue weighted by Crippen LogP contribution is -2.36. The topological polar surface area (TPSA) is 87.5 Å². The van der Waals surface area contributed by atoms with Gasteiger partial charge in [0.05, 0.1) is 6.04 Å². The number of hydrogen-bond donors (Lipinski definition) is 3. The molecule has 0 aliphatic heterocycles. The number of nitrogens with zero attached hydrogens (tertiary/aromatic N) is 1. The Bertz CT molecular complexity index is 598. The number of nitrogens with two attached hydrogens (primary N) is 1. The monoisotopic (exact) mass is 360 g/mol. The van der Waals surface area contributed by atoms with E-state index in [0.717, 1.165) is 30.5 Å². The third-order valence-electron chi connectivity index (χ3n) is 5.37. The first kappa shape index (κ1) is 20.2. The highest BCUT2D eigenvalue weighted by molar-refractivity contribution is 5.89. The maximum atomic E-state index is 12.5. The van der Waals surface area contributed by atoms with E-state index >= 15 is 0 Å². The van der Waals surface area contributed by atoms with Crippen molar-refractivity contribution in [3.8, 4) is 0 Å². The second-order valence-electron chi connectivity index (χ2n) is 6.99. The second-order valence-corrected chi connectivity index (χ2v) is 6.99. The van der Waals surface area contributed by atoms with Crippen LogP contribution in [0.3, 0.4) is 0 Å². The van der Waals surface area contributed by atoms with Crippen LogP contribution in [0, 0.1) is 11.8 Å². The van der Waals surface area contributed by atoms with Crippen LogP contribution < -0.4 is 16.4 Å². The van der Waals surface area contributed by atoms with E-state index in [2.05, 4.69) is 10.6 Å². The van der Waals surface area contributed by atoms with E-state index in [4.69, 9.17) is 5.73 Å². The Labute approximate surface area is 156 Å². The van der Waals surface area contributed by atoms with E-state index in [-0.39, 0.29) is 23.9 Å². The van der Waals surface area contributed by atoms with E-state index in [9.17, 15) is 9.59 Å². The van der Waals surface area contributed by atoms with E-state index in [1.54, 1.807) is 4.90 Å². The predicted octanol–water partition coefficient (Wildman–Crippen LogP) is 3.11. The SMILES string of the molecule is CCN(CC)C(=O)Nc1ccc(C(C)NC(=O)[C@@H]2CCC[C@@H]2CN)cc1. The number of rotatable bonds is 7. The molecule has 26 heavy (non-hydrogen) atoms. The van der Waals surface area contributed by atoms with Gasteiger partial charge in [0.1, 0.15) is 0 Å². The summed E-state index contributed by atoms with van der Waals surface area (Å²) in [4.78, 5) is 26.3. The van der Waals surface area contributed by atoms with E-state index < -0.39 is 0 Å². The van der Waals surface area contributed by atoms with Crippen molar-refractivity contribution >= 4 is 17.6 Å². The third kappa shape index (κ3) is 4.97. The zero-order chi connectivity index (χ0) is 19.1. The molecule has 6 heteroatoms. The third-order valence-corrected chi connectivity index (χ3v) is 5.37. The van der Waals surface area contributed by atoms with Crippen LogP contribution in [0.25, 0.3) is 0 Å². The Kier molecular flexibility index (Phi) is 7.45.